The minimum absolute atomic E-state index is 0.141. The van der Waals surface area contributed by atoms with Crippen molar-refractivity contribution in [3.05, 3.63) is 102 Å². The van der Waals surface area contributed by atoms with Crippen molar-refractivity contribution in [1.29, 1.82) is 0 Å². The summed E-state index contributed by atoms with van der Waals surface area (Å²) in [6.07, 6.45) is 1.25. The number of ether oxygens (including phenoxy) is 1. The Labute approximate surface area is 162 Å². The molecule has 140 valence electrons. The van der Waals surface area contributed by atoms with Gasteiger partial charge in [-0.1, -0.05) is 36.9 Å². The van der Waals surface area contributed by atoms with E-state index in [4.69, 9.17) is 4.74 Å². The number of anilines is 2. The van der Waals surface area contributed by atoms with E-state index in [2.05, 4.69) is 11.9 Å². The molecule has 1 aliphatic rings. The van der Waals surface area contributed by atoms with Gasteiger partial charge >= 0.3 is 0 Å². The molecule has 0 radical (unpaired) electrons. The lowest BCUT2D eigenvalue weighted by Crippen LogP contribution is -2.43. The van der Waals surface area contributed by atoms with Gasteiger partial charge in [0.05, 0.1) is 5.56 Å². The first-order valence-electron chi connectivity index (χ1n) is 8.96. The van der Waals surface area contributed by atoms with Crippen molar-refractivity contribution in [2.45, 2.75) is 6.17 Å². The number of carbonyl (C=O) groups excluding carboxylic acids is 1. The fourth-order valence-corrected chi connectivity index (χ4v) is 3.26. The van der Waals surface area contributed by atoms with Crippen molar-refractivity contribution in [2.24, 2.45) is 0 Å². The predicted octanol–water partition coefficient (Wildman–Crippen LogP) is 5.16. The molecule has 0 spiro atoms. The Hall–Kier alpha value is -3.60. The summed E-state index contributed by atoms with van der Waals surface area (Å²) in [5.41, 5.74) is 2.85. The van der Waals surface area contributed by atoms with Gasteiger partial charge in [-0.25, -0.2) is 4.39 Å². The van der Waals surface area contributed by atoms with Crippen LogP contribution in [0, 0.1) is 5.82 Å². The van der Waals surface area contributed by atoms with E-state index >= 15 is 0 Å². The fraction of sp³-hybridized carbons (Fsp3) is 0.0870. The van der Waals surface area contributed by atoms with Crippen molar-refractivity contribution in [3.8, 4) is 5.75 Å². The number of amides is 1. The monoisotopic (exact) mass is 374 g/mol. The van der Waals surface area contributed by atoms with Crippen LogP contribution in [0.3, 0.4) is 0 Å². The molecule has 3 aromatic rings. The third kappa shape index (κ3) is 3.34. The standard InChI is InChI=1S/C23H19FN2O2/c1-2-15-28-19-13-7-16(8-14-19)22-25-21-6-4-3-5-20(21)23(27)26(22)18-11-9-17(24)10-12-18/h2-14,22,25H,1,15H2/t22-/m0/s1. The van der Waals surface area contributed by atoms with Crippen molar-refractivity contribution in [2.75, 3.05) is 16.8 Å². The quantitative estimate of drug-likeness (QED) is 0.627. The maximum absolute atomic E-state index is 13.4. The number of benzene rings is 3. The van der Waals surface area contributed by atoms with Gasteiger partial charge in [-0.15, -0.1) is 0 Å². The molecule has 4 rings (SSSR count). The van der Waals surface area contributed by atoms with E-state index in [-0.39, 0.29) is 11.7 Å². The Morgan fingerprint density at radius 3 is 2.46 bits per heavy atom. The van der Waals surface area contributed by atoms with Gasteiger partial charge in [-0.3, -0.25) is 9.69 Å². The summed E-state index contributed by atoms with van der Waals surface area (Å²) in [4.78, 5) is 14.9. The van der Waals surface area contributed by atoms with Crippen LogP contribution in [-0.4, -0.2) is 12.5 Å². The lowest BCUT2D eigenvalue weighted by molar-refractivity contribution is 0.0975. The van der Waals surface area contributed by atoms with E-state index in [1.807, 2.05) is 42.5 Å². The minimum Gasteiger partial charge on any atom is -0.490 e. The van der Waals surface area contributed by atoms with Gasteiger partial charge < -0.3 is 10.1 Å². The van der Waals surface area contributed by atoms with Crippen LogP contribution in [-0.2, 0) is 0 Å². The van der Waals surface area contributed by atoms with Gasteiger partial charge in [0.15, 0.2) is 0 Å². The Bertz CT molecular complexity index is 1000. The van der Waals surface area contributed by atoms with E-state index in [1.54, 1.807) is 29.2 Å². The maximum Gasteiger partial charge on any atom is 0.262 e. The molecule has 0 unspecified atom stereocenters. The van der Waals surface area contributed by atoms with Crippen molar-refractivity contribution >= 4 is 17.3 Å². The maximum atomic E-state index is 13.4. The van der Waals surface area contributed by atoms with Crippen LogP contribution in [0.4, 0.5) is 15.8 Å². The average Bonchev–Trinajstić information content (AvgIpc) is 2.73. The Kier molecular flexibility index (Phi) is 4.81. The smallest absolute Gasteiger partial charge is 0.262 e. The van der Waals surface area contributed by atoms with Gasteiger partial charge in [-0.2, -0.15) is 0 Å². The molecule has 5 heteroatoms. The fourth-order valence-electron chi connectivity index (χ4n) is 3.26. The van der Waals surface area contributed by atoms with Crippen LogP contribution in [0.25, 0.3) is 0 Å². The molecule has 0 aromatic heterocycles. The molecule has 0 aliphatic carbocycles. The number of rotatable bonds is 5. The van der Waals surface area contributed by atoms with Crippen LogP contribution >= 0.6 is 0 Å². The molecule has 0 fully saturated rings. The zero-order valence-corrected chi connectivity index (χ0v) is 15.1. The topological polar surface area (TPSA) is 41.6 Å². The second-order valence-electron chi connectivity index (χ2n) is 6.41. The van der Waals surface area contributed by atoms with Crippen LogP contribution in [0.15, 0.2) is 85.5 Å². The summed E-state index contributed by atoms with van der Waals surface area (Å²) in [5.74, 6) is 0.235. The SMILES string of the molecule is C=CCOc1ccc([C@H]2Nc3ccccc3C(=O)N2c2ccc(F)cc2)cc1. The Morgan fingerprint density at radius 1 is 1.04 bits per heavy atom. The Morgan fingerprint density at radius 2 is 1.75 bits per heavy atom. The zero-order valence-electron chi connectivity index (χ0n) is 15.1. The first kappa shape index (κ1) is 17.8. The third-order valence-electron chi connectivity index (χ3n) is 4.60. The lowest BCUT2D eigenvalue weighted by Gasteiger charge is -2.38. The van der Waals surface area contributed by atoms with Gasteiger partial charge in [0.25, 0.3) is 5.91 Å². The number of para-hydroxylation sites is 1. The Balaban J connectivity index is 1.75. The van der Waals surface area contributed by atoms with E-state index in [9.17, 15) is 9.18 Å². The van der Waals surface area contributed by atoms with Gasteiger partial charge in [0.1, 0.15) is 24.3 Å². The number of halogens is 1. The van der Waals surface area contributed by atoms with Crippen molar-refractivity contribution < 1.29 is 13.9 Å². The first-order valence-corrected chi connectivity index (χ1v) is 8.96. The minimum atomic E-state index is -0.429. The summed E-state index contributed by atoms with van der Waals surface area (Å²) < 4.78 is 19.0. The van der Waals surface area contributed by atoms with Crippen LogP contribution in [0.1, 0.15) is 22.1 Å². The molecule has 0 bridgehead atoms. The number of nitrogens with zero attached hydrogens (tertiary/aromatic N) is 1. The van der Waals surface area contributed by atoms with Crippen molar-refractivity contribution in [1.82, 2.24) is 0 Å². The summed E-state index contributed by atoms with van der Waals surface area (Å²) in [5, 5.41) is 3.42. The van der Waals surface area contributed by atoms with E-state index in [1.165, 1.54) is 12.1 Å². The van der Waals surface area contributed by atoms with Crippen LogP contribution in [0.5, 0.6) is 5.75 Å². The number of hydrogen-bond acceptors (Lipinski definition) is 3. The first-order chi connectivity index (χ1) is 13.7. The van der Waals surface area contributed by atoms with E-state index in [0.29, 0.717) is 17.9 Å². The molecule has 1 N–H and O–H groups in total. The molecule has 0 saturated carbocycles. The highest BCUT2D eigenvalue weighted by Gasteiger charge is 2.33. The van der Waals surface area contributed by atoms with Crippen LogP contribution < -0.4 is 15.0 Å². The van der Waals surface area contributed by atoms with Gasteiger partial charge in [-0.05, 0) is 54.1 Å². The molecule has 0 saturated heterocycles. The normalized spacial score (nSPS) is 15.5. The van der Waals surface area contributed by atoms with Crippen LogP contribution in [0.2, 0.25) is 0 Å². The molecule has 3 aromatic carbocycles. The molecule has 4 nitrogen and oxygen atoms in total. The molecule has 1 amide bonds. The van der Waals surface area contributed by atoms with E-state index < -0.39 is 6.17 Å². The summed E-state index contributed by atoms with van der Waals surface area (Å²) >= 11 is 0. The molecule has 1 atom stereocenters. The summed E-state index contributed by atoms with van der Waals surface area (Å²) in [6, 6.07) is 20.8. The second kappa shape index (κ2) is 7.56. The molecule has 28 heavy (non-hydrogen) atoms. The third-order valence-corrected chi connectivity index (χ3v) is 4.60. The molecule has 1 aliphatic heterocycles. The number of nitrogens with one attached hydrogen (secondary N) is 1. The molecule has 1 heterocycles. The molecular weight excluding hydrogens is 355 g/mol. The van der Waals surface area contributed by atoms with Gasteiger partial charge in [0.2, 0.25) is 0 Å². The van der Waals surface area contributed by atoms with E-state index in [0.717, 1.165) is 17.0 Å². The summed E-state index contributed by atoms with van der Waals surface area (Å²) in [6.45, 7) is 4.07. The average molecular weight is 374 g/mol. The highest BCUT2D eigenvalue weighted by molar-refractivity contribution is 6.12. The lowest BCUT2D eigenvalue weighted by atomic mass is 10.0. The highest BCUT2D eigenvalue weighted by Crippen LogP contribution is 2.37. The highest BCUT2D eigenvalue weighted by atomic mass is 19.1. The number of hydrogen-bond donors (Lipinski definition) is 1. The number of carbonyl (C=O) groups is 1. The largest absolute Gasteiger partial charge is 0.490 e. The summed E-state index contributed by atoms with van der Waals surface area (Å²) in [7, 11) is 0. The predicted molar refractivity (Wildman–Crippen MR) is 108 cm³/mol. The second-order valence-corrected chi connectivity index (χ2v) is 6.41. The van der Waals surface area contributed by atoms with Crippen molar-refractivity contribution in [3.63, 3.8) is 0 Å². The molecular formula is C23H19FN2O2. The number of fused-ring (bicyclic) bond motifs is 1. The zero-order chi connectivity index (χ0) is 19.5. The van der Waals surface area contributed by atoms with Gasteiger partial charge in [0, 0.05) is 11.4 Å².